The van der Waals surface area contributed by atoms with E-state index in [1.165, 1.54) is 18.4 Å². The molecule has 0 amide bonds. The van der Waals surface area contributed by atoms with Gasteiger partial charge in [0.05, 0.1) is 10.5 Å². The smallest absolute Gasteiger partial charge is 0.323 e. The van der Waals surface area contributed by atoms with Crippen LogP contribution in [0.5, 0.6) is 0 Å². The van der Waals surface area contributed by atoms with Gasteiger partial charge in [-0.3, -0.25) is 19.0 Å². The quantitative estimate of drug-likeness (QED) is 0.426. The molecule has 0 aliphatic carbocycles. The highest BCUT2D eigenvalue weighted by Crippen LogP contribution is 2.31. The van der Waals surface area contributed by atoms with Gasteiger partial charge in [0.15, 0.2) is 15.8 Å². The summed E-state index contributed by atoms with van der Waals surface area (Å²) in [6, 6.07) is 6.66. The fraction of sp³-hybridized carbons (Fsp3) is 0.458. The van der Waals surface area contributed by atoms with Gasteiger partial charge in [0.1, 0.15) is 0 Å². The highest BCUT2D eigenvalue weighted by atomic mass is 32.2. The molecule has 9 heteroatoms. The third kappa shape index (κ3) is 5.52. The van der Waals surface area contributed by atoms with Gasteiger partial charge in [-0.15, -0.1) is 0 Å². The zero-order chi connectivity index (χ0) is 24.4. The Morgan fingerprint density at radius 1 is 1.06 bits per heavy atom. The average molecular weight is 476 g/mol. The van der Waals surface area contributed by atoms with Crippen LogP contribution in [0, 0.1) is 5.92 Å². The van der Waals surface area contributed by atoms with E-state index in [2.05, 4.69) is 0 Å². The molecular weight excluding hydrogens is 446 g/mol. The summed E-state index contributed by atoms with van der Waals surface area (Å²) in [7, 11) is -3.81. The van der Waals surface area contributed by atoms with E-state index in [1.54, 1.807) is 36.7 Å². The Labute approximate surface area is 193 Å². The van der Waals surface area contributed by atoms with E-state index in [-0.39, 0.29) is 23.3 Å². The van der Waals surface area contributed by atoms with Gasteiger partial charge in [-0.2, -0.15) is 0 Å². The summed E-state index contributed by atoms with van der Waals surface area (Å²) in [5.41, 5.74) is 1.28. The van der Waals surface area contributed by atoms with E-state index in [0.717, 1.165) is 24.7 Å². The molecule has 0 atom stereocenters. The summed E-state index contributed by atoms with van der Waals surface area (Å²) < 4.78 is 37.5. The molecule has 8 nitrogen and oxygen atoms in total. The highest BCUT2D eigenvalue weighted by molar-refractivity contribution is 7.90. The molecule has 2 heterocycles. The monoisotopic (exact) mass is 475 g/mol. The van der Waals surface area contributed by atoms with E-state index in [1.807, 2.05) is 6.92 Å². The second-order valence-electron chi connectivity index (χ2n) is 8.68. The number of carbonyl (C=O) groups excluding carboxylic acids is 3. The fourth-order valence-corrected chi connectivity index (χ4v) is 5.25. The van der Waals surface area contributed by atoms with Gasteiger partial charge < -0.3 is 9.47 Å². The number of aryl methyl sites for hydroxylation is 1. The van der Waals surface area contributed by atoms with Crippen molar-refractivity contribution in [3.63, 3.8) is 0 Å². The maximum Gasteiger partial charge on any atom is 0.323 e. The molecule has 1 aliphatic rings. The van der Waals surface area contributed by atoms with Gasteiger partial charge in [-0.25, -0.2) is 8.42 Å². The maximum atomic E-state index is 13.1. The SMILES string of the molecule is CCCCc1ccc(C(=O)n2cccc2)c(S(C)(=O)=O)c1CCC1C(=O)OC(C)(C)OC1=O. The summed E-state index contributed by atoms with van der Waals surface area (Å²) in [6.07, 6.45) is 6.60. The molecule has 2 aromatic rings. The van der Waals surface area contributed by atoms with Crippen LogP contribution in [0.3, 0.4) is 0 Å². The zero-order valence-corrected chi connectivity index (χ0v) is 20.1. The first-order valence-corrected chi connectivity index (χ1v) is 12.8. The Morgan fingerprint density at radius 2 is 1.67 bits per heavy atom. The number of nitrogens with zero attached hydrogens (tertiary/aromatic N) is 1. The van der Waals surface area contributed by atoms with E-state index < -0.39 is 39.4 Å². The van der Waals surface area contributed by atoms with Crippen molar-refractivity contribution in [2.45, 2.75) is 63.6 Å². The zero-order valence-electron chi connectivity index (χ0n) is 19.3. The number of ether oxygens (including phenoxy) is 2. The minimum absolute atomic E-state index is 0.0105. The molecule has 0 saturated carbocycles. The summed E-state index contributed by atoms with van der Waals surface area (Å²) in [5, 5.41) is 0. The molecule has 0 spiro atoms. The Bertz CT molecular complexity index is 1140. The van der Waals surface area contributed by atoms with Crippen molar-refractivity contribution >= 4 is 27.7 Å². The van der Waals surface area contributed by atoms with Crippen molar-refractivity contribution in [3.8, 4) is 0 Å². The first-order valence-electron chi connectivity index (χ1n) is 10.9. The second-order valence-corrected chi connectivity index (χ2v) is 10.6. The second kappa shape index (κ2) is 9.51. The topological polar surface area (TPSA) is 109 Å². The Hall–Kier alpha value is -2.94. The molecule has 0 unspecified atom stereocenters. The lowest BCUT2D eigenvalue weighted by Gasteiger charge is -2.33. The molecular formula is C24H29NO7S. The fourth-order valence-electron chi connectivity index (χ4n) is 4.01. The van der Waals surface area contributed by atoms with Crippen LogP contribution in [-0.4, -0.2) is 42.9 Å². The number of hydrogen-bond donors (Lipinski definition) is 0. The number of hydrogen-bond acceptors (Lipinski definition) is 7. The largest absolute Gasteiger partial charge is 0.422 e. The van der Waals surface area contributed by atoms with Crippen LogP contribution < -0.4 is 0 Å². The predicted octanol–water partition coefficient (Wildman–Crippen LogP) is 3.31. The van der Waals surface area contributed by atoms with E-state index in [4.69, 9.17) is 9.47 Å². The number of cyclic esters (lactones) is 2. The number of unbranched alkanes of at least 4 members (excludes halogenated alkanes) is 1. The normalized spacial score (nSPS) is 16.4. The standard InChI is InChI=1S/C24H29NO7S/c1-5-6-9-16-10-11-18(21(26)25-14-7-8-15-25)20(33(4,29)30)17(16)12-13-19-22(27)31-24(2,3)32-23(19)28/h7-8,10-11,14-15,19H,5-6,9,12-13H2,1-4H3. The molecule has 0 bridgehead atoms. The number of benzene rings is 1. The number of rotatable bonds is 8. The van der Waals surface area contributed by atoms with E-state index in [9.17, 15) is 22.8 Å². The van der Waals surface area contributed by atoms with Crippen molar-refractivity contribution in [3.05, 3.63) is 53.3 Å². The van der Waals surface area contributed by atoms with Gasteiger partial charge in [-0.1, -0.05) is 19.4 Å². The first-order chi connectivity index (χ1) is 15.4. The molecule has 0 N–H and O–H groups in total. The summed E-state index contributed by atoms with van der Waals surface area (Å²) in [5.74, 6) is -4.37. The van der Waals surface area contributed by atoms with Crippen LogP contribution in [0.1, 0.15) is 61.5 Å². The Balaban J connectivity index is 2.05. The van der Waals surface area contributed by atoms with Crippen LogP contribution in [-0.2, 0) is 41.7 Å². The van der Waals surface area contributed by atoms with Gasteiger partial charge in [0.25, 0.3) is 11.7 Å². The lowest BCUT2D eigenvalue weighted by molar-refractivity contribution is -0.240. The lowest BCUT2D eigenvalue weighted by atomic mass is 9.92. The van der Waals surface area contributed by atoms with Gasteiger partial charge in [0.2, 0.25) is 0 Å². The van der Waals surface area contributed by atoms with Gasteiger partial charge >= 0.3 is 11.9 Å². The van der Waals surface area contributed by atoms with Crippen molar-refractivity contribution in [1.82, 2.24) is 4.57 Å². The summed E-state index contributed by atoms with van der Waals surface area (Å²) in [4.78, 5) is 37.8. The third-order valence-electron chi connectivity index (χ3n) is 5.54. The molecule has 1 aromatic heterocycles. The Kier molecular flexibility index (Phi) is 7.11. The molecule has 178 valence electrons. The van der Waals surface area contributed by atoms with Crippen LogP contribution in [0.15, 0.2) is 41.6 Å². The third-order valence-corrected chi connectivity index (χ3v) is 6.75. The predicted molar refractivity (Wildman–Crippen MR) is 120 cm³/mol. The van der Waals surface area contributed by atoms with Crippen LogP contribution >= 0.6 is 0 Å². The molecule has 1 saturated heterocycles. The summed E-state index contributed by atoms with van der Waals surface area (Å²) >= 11 is 0. The van der Waals surface area contributed by atoms with Crippen molar-refractivity contribution in [1.29, 1.82) is 0 Å². The highest BCUT2D eigenvalue weighted by Gasteiger charge is 2.43. The van der Waals surface area contributed by atoms with Crippen LogP contribution in [0.25, 0.3) is 0 Å². The van der Waals surface area contributed by atoms with Crippen LogP contribution in [0.4, 0.5) is 0 Å². The van der Waals surface area contributed by atoms with Gasteiger partial charge in [0, 0.05) is 32.5 Å². The van der Waals surface area contributed by atoms with Crippen LogP contribution in [0.2, 0.25) is 0 Å². The number of carbonyl (C=O) groups is 3. The Morgan fingerprint density at radius 3 is 2.21 bits per heavy atom. The molecule has 0 radical (unpaired) electrons. The molecule has 1 aromatic carbocycles. The first kappa shape index (κ1) is 24.7. The van der Waals surface area contributed by atoms with Crippen molar-refractivity contribution < 1.29 is 32.3 Å². The molecule has 3 rings (SSSR count). The van der Waals surface area contributed by atoms with E-state index in [0.29, 0.717) is 12.0 Å². The number of aromatic nitrogens is 1. The van der Waals surface area contributed by atoms with Gasteiger partial charge in [-0.05, 0) is 55.0 Å². The minimum atomic E-state index is -3.81. The maximum absolute atomic E-state index is 13.1. The molecule has 33 heavy (non-hydrogen) atoms. The number of esters is 2. The average Bonchev–Trinajstić information content (AvgIpc) is 3.24. The minimum Gasteiger partial charge on any atom is -0.422 e. The van der Waals surface area contributed by atoms with Crippen molar-refractivity contribution in [2.75, 3.05) is 6.26 Å². The van der Waals surface area contributed by atoms with E-state index >= 15 is 0 Å². The number of sulfone groups is 1. The molecule has 1 fully saturated rings. The molecule has 1 aliphatic heterocycles. The summed E-state index contributed by atoms with van der Waals surface area (Å²) in [6.45, 7) is 4.97. The lowest BCUT2D eigenvalue weighted by Crippen LogP contribution is -2.46. The van der Waals surface area contributed by atoms with Crippen molar-refractivity contribution in [2.24, 2.45) is 5.92 Å².